The van der Waals surface area contributed by atoms with E-state index in [1.165, 1.54) is 27.3 Å². The number of phenols is 1. The molecule has 0 aliphatic heterocycles. The van der Waals surface area contributed by atoms with Crippen LogP contribution in [-0.2, 0) is 12.8 Å². The molecule has 1 aliphatic rings. The standard InChI is InChI=1S/C22H17NO/c24-20-11-4-3-8-18(20)22-17-10-5-9-16(17)21-15-7-2-1-6-14(15)12-13-19(21)23-22/h1-4,6-8,11-13,24H,5,9-10H2. The number of hydrogen-bond acceptors (Lipinski definition) is 2. The third kappa shape index (κ3) is 1.86. The van der Waals surface area contributed by atoms with Gasteiger partial charge < -0.3 is 5.11 Å². The minimum absolute atomic E-state index is 0.305. The maximum absolute atomic E-state index is 10.3. The Morgan fingerprint density at radius 3 is 2.50 bits per heavy atom. The molecule has 0 atom stereocenters. The first-order chi connectivity index (χ1) is 11.8. The van der Waals surface area contributed by atoms with E-state index in [0.29, 0.717) is 5.75 Å². The normalized spacial score (nSPS) is 13.5. The second kappa shape index (κ2) is 5.07. The van der Waals surface area contributed by atoms with Crippen LogP contribution in [0.4, 0.5) is 0 Å². The van der Waals surface area contributed by atoms with E-state index in [1.54, 1.807) is 6.07 Å². The molecular weight excluding hydrogens is 294 g/mol. The molecule has 0 amide bonds. The van der Waals surface area contributed by atoms with Crippen LogP contribution in [0.2, 0.25) is 0 Å². The van der Waals surface area contributed by atoms with Gasteiger partial charge in [0.25, 0.3) is 0 Å². The first kappa shape index (κ1) is 13.6. The lowest BCUT2D eigenvalue weighted by Gasteiger charge is -2.14. The molecule has 0 unspecified atom stereocenters. The number of fused-ring (bicyclic) bond motifs is 5. The molecule has 0 bridgehead atoms. The molecule has 1 N–H and O–H groups in total. The highest BCUT2D eigenvalue weighted by Gasteiger charge is 2.22. The Labute approximate surface area is 140 Å². The fraction of sp³-hybridized carbons (Fsp3) is 0.136. The van der Waals surface area contributed by atoms with Crippen LogP contribution in [0.25, 0.3) is 32.9 Å². The van der Waals surface area contributed by atoms with Gasteiger partial charge in [-0.2, -0.15) is 0 Å². The van der Waals surface area contributed by atoms with Crippen molar-refractivity contribution < 1.29 is 5.11 Å². The Kier molecular flexibility index (Phi) is 2.86. The maximum Gasteiger partial charge on any atom is 0.124 e. The largest absolute Gasteiger partial charge is 0.507 e. The third-order valence-corrected chi connectivity index (χ3v) is 5.10. The summed E-state index contributed by atoms with van der Waals surface area (Å²) in [5, 5.41) is 14.1. The van der Waals surface area contributed by atoms with Gasteiger partial charge >= 0.3 is 0 Å². The molecule has 0 radical (unpaired) electrons. The number of phenolic OH excluding ortho intramolecular Hbond substituents is 1. The van der Waals surface area contributed by atoms with Gasteiger partial charge in [-0.15, -0.1) is 0 Å². The fourth-order valence-corrected chi connectivity index (χ4v) is 4.04. The number of aryl methyl sites for hydroxylation is 1. The Hall–Kier alpha value is -2.87. The van der Waals surface area contributed by atoms with Gasteiger partial charge in [0, 0.05) is 10.9 Å². The highest BCUT2D eigenvalue weighted by Crippen LogP contribution is 2.40. The molecule has 0 saturated heterocycles. The van der Waals surface area contributed by atoms with Crippen molar-refractivity contribution in [2.24, 2.45) is 0 Å². The SMILES string of the molecule is Oc1ccccc1-c1nc2ccc3ccccc3c2c2c1CCC2. The molecule has 2 heteroatoms. The summed E-state index contributed by atoms with van der Waals surface area (Å²) in [5.74, 6) is 0.305. The van der Waals surface area contributed by atoms with Gasteiger partial charge in [-0.05, 0) is 59.4 Å². The van der Waals surface area contributed by atoms with Crippen molar-refractivity contribution in [3.63, 3.8) is 0 Å². The number of benzene rings is 3. The Morgan fingerprint density at radius 2 is 1.58 bits per heavy atom. The molecule has 24 heavy (non-hydrogen) atoms. The maximum atomic E-state index is 10.3. The number of nitrogens with zero attached hydrogens (tertiary/aromatic N) is 1. The van der Waals surface area contributed by atoms with Crippen LogP contribution in [-0.4, -0.2) is 10.1 Å². The van der Waals surface area contributed by atoms with E-state index in [1.807, 2.05) is 18.2 Å². The first-order valence-corrected chi connectivity index (χ1v) is 8.44. The average molecular weight is 311 g/mol. The summed E-state index contributed by atoms with van der Waals surface area (Å²) >= 11 is 0. The summed E-state index contributed by atoms with van der Waals surface area (Å²) in [6, 6.07) is 20.3. The van der Waals surface area contributed by atoms with Crippen molar-refractivity contribution in [3.8, 4) is 17.0 Å². The van der Waals surface area contributed by atoms with E-state index in [-0.39, 0.29) is 0 Å². The minimum atomic E-state index is 0.305. The van der Waals surface area contributed by atoms with E-state index < -0.39 is 0 Å². The summed E-state index contributed by atoms with van der Waals surface area (Å²) in [7, 11) is 0. The number of hydrogen-bond donors (Lipinski definition) is 1. The number of para-hydroxylation sites is 1. The molecule has 4 aromatic rings. The quantitative estimate of drug-likeness (QED) is 0.487. The lowest BCUT2D eigenvalue weighted by molar-refractivity contribution is 0.477. The zero-order valence-corrected chi connectivity index (χ0v) is 13.3. The van der Waals surface area contributed by atoms with E-state index in [0.717, 1.165) is 36.0 Å². The van der Waals surface area contributed by atoms with Crippen LogP contribution in [0.1, 0.15) is 17.5 Å². The summed E-state index contributed by atoms with van der Waals surface area (Å²) in [4.78, 5) is 4.97. The van der Waals surface area contributed by atoms with Gasteiger partial charge in [-0.25, -0.2) is 4.98 Å². The van der Waals surface area contributed by atoms with Crippen LogP contribution < -0.4 is 0 Å². The van der Waals surface area contributed by atoms with Crippen molar-refractivity contribution in [1.29, 1.82) is 0 Å². The minimum Gasteiger partial charge on any atom is -0.507 e. The predicted octanol–water partition coefficient (Wildman–Crippen LogP) is 5.25. The number of pyridine rings is 1. The van der Waals surface area contributed by atoms with Gasteiger partial charge in [-0.3, -0.25) is 0 Å². The molecular formula is C22H17NO. The van der Waals surface area contributed by atoms with Crippen LogP contribution in [0.5, 0.6) is 5.75 Å². The summed E-state index contributed by atoms with van der Waals surface area (Å²) in [6.07, 6.45) is 3.27. The number of aromatic nitrogens is 1. The van der Waals surface area contributed by atoms with Crippen molar-refractivity contribution in [1.82, 2.24) is 4.98 Å². The van der Waals surface area contributed by atoms with Crippen LogP contribution in [0.3, 0.4) is 0 Å². The summed E-state index contributed by atoms with van der Waals surface area (Å²) in [6.45, 7) is 0. The first-order valence-electron chi connectivity index (χ1n) is 8.44. The average Bonchev–Trinajstić information content (AvgIpc) is 3.11. The molecule has 2 nitrogen and oxygen atoms in total. The highest BCUT2D eigenvalue weighted by atomic mass is 16.3. The monoisotopic (exact) mass is 311 g/mol. The summed E-state index contributed by atoms with van der Waals surface area (Å²) < 4.78 is 0. The fourth-order valence-electron chi connectivity index (χ4n) is 4.04. The topological polar surface area (TPSA) is 33.1 Å². The van der Waals surface area contributed by atoms with Crippen LogP contribution in [0, 0.1) is 0 Å². The van der Waals surface area contributed by atoms with Gasteiger partial charge in [0.1, 0.15) is 5.75 Å². The van der Waals surface area contributed by atoms with E-state index in [4.69, 9.17) is 4.98 Å². The van der Waals surface area contributed by atoms with Crippen molar-refractivity contribution in [2.45, 2.75) is 19.3 Å². The van der Waals surface area contributed by atoms with Crippen LogP contribution >= 0.6 is 0 Å². The van der Waals surface area contributed by atoms with E-state index in [2.05, 4.69) is 36.4 Å². The Morgan fingerprint density at radius 1 is 0.792 bits per heavy atom. The molecule has 5 rings (SSSR count). The molecule has 0 spiro atoms. The molecule has 116 valence electrons. The zero-order chi connectivity index (χ0) is 16.1. The number of aromatic hydroxyl groups is 1. The van der Waals surface area contributed by atoms with Gasteiger partial charge in [0.15, 0.2) is 0 Å². The Balaban J connectivity index is 1.93. The van der Waals surface area contributed by atoms with Crippen molar-refractivity contribution in [3.05, 3.63) is 71.8 Å². The van der Waals surface area contributed by atoms with Gasteiger partial charge in [-0.1, -0.05) is 42.5 Å². The second-order valence-electron chi connectivity index (χ2n) is 6.47. The highest BCUT2D eigenvalue weighted by molar-refractivity contribution is 6.09. The zero-order valence-electron chi connectivity index (χ0n) is 13.3. The second-order valence-corrected chi connectivity index (χ2v) is 6.47. The van der Waals surface area contributed by atoms with Crippen molar-refractivity contribution >= 4 is 21.7 Å². The molecule has 1 aliphatic carbocycles. The predicted molar refractivity (Wildman–Crippen MR) is 98.4 cm³/mol. The lowest BCUT2D eigenvalue weighted by atomic mass is 9.95. The van der Waals surface area contributed by atoms with Gasteiger partial charge in [0.2, 0.25) is 0 Å². The summed E-state index contributed by atoms with van der Waals surface area (Å²) in [5.41, 5.74) is 5.53. The van der Waals surface area contributed by atoms with Crippen LogP contribution in [0.15, 0.2) is 60.7 Å². The Bertz CT molecular complexity index is 1100. The molecule has 0 fully saturated rings. The van der Waals surface area contributed by atoms with Gasteiger partial charge in [0.05, 0.1) is 11.2 Å². The van der Waals surface area contributed by atoms with Crippen molar-refractivity contribution in [2.75, 3.05) is 0 Å². The smallest absolute Gasteiger partial charge is 0.124 e. The third-order valence-electron chi connectivity index (χ3n) is 5.10. The molecule has 0 saturated carbocycles. The molecule has 3 aromatic carbocycles. The molecule has 1 heterocycles. The lowest BCUT2D eigenvalue weighted by Crippen LogP contribution is -1.96. The van der Waals surface area contributed by atoms with E-state index in [9.17, 15) is 5.11 Å². The number of rotatable bonds is 1. The van der Waals surface area contributed by atoms with E-state index >= 15 is 0 Å². The molecule has 1 aromatic heterocycles.